The molecule has 1 aliphatic carbocycles. The fourth-order valence-electron chi connectivity index (χ4n) is 8.66. The summed E-state index contributed by atoms with van der Waals surface area (Å²) in [6.45, 7) is 13.3. The molecule has 3 fully saturated rings. The zero-order valence-electron chi connectivity index (χ0n) is 33.5. The second kappa shape index (κ2) is 17.7. The van der Waals surface area contributed by atoms with Crippen LogP contribution < -0.4 is 20.7 Å². The van der Waals surface area contributed by atoms with Crippen molar-refractivity contribution in [2.75, 3.05) is 39.4 Å². The second-order valence-corrected chi connectivity index (χ2v) is 16.2. The van der Waals surface area contributed by atoms with Gasteiger partial charge in [0.1, 0.15) is 28.5 Å². The van der Waals surface area contributed by atoms with Gasteiger partial charge in [0, 0.05) is 75.3 Å². The van der Waals surface area contributed by atoms with Crippen LogP contribution >= 0.6 is 0 Å². The van der Waals surface area contributed by atoms with Gasteiger partial charge in [-0.15, -0.1) is 0 Å². The first-order valence-electron chi connectivity index (χ1n) is 20.5. The third-order valence-electron chi connectivity index (χ3n) is 11.5. The van der Waals surface area contributed by atoms with Gasteiger partial charge in [0.05, 0.1) is 19.4 Å². The second-order valence-electron chi connectivity index (χ2n) is 16.2. The lowest BCUT2D eigenvalue weighted by molar-refractivity contribution is 0.0342. The number of rotatable bonds is 11. The number of piperazine rings is 1. The van der Waals surface area contributed by atoms with E-state index in [-0.39, 0.29) is 29.4 Å². The Bertz CT molecular complexity index is 2240. The standard InChI is InChI=1S/C45H53FN8O4/c1-29-24-53(25-30(2)48-29)26-32-10-15-39(34(20-32)27-52-16-18-57-19-17-52)33-7-5-8-38(21-33)58-45-40(22-35(46)23-47-45)43(55)49-36-11-13-37(14-12-36)50-44(56)41-28-54-31(3)6-4-9-42(54)51-41/h4-10,15,20-23,28-30,36-37,48H,11-14,16-19,24-27H2,1-3H3,(H,49,55)(H,50,56)/t29-,30+,36-,37+. The molecule has 8 rings (SSSR count). The Kier molecular flexibility index (Phi) is 12.1. The Morgan fingerprint density at radius 1 is 0.879 bits per heavy atom. The fourth-order valence-corrected chi connectivity index (χ4v) is 8.66. The number of aryl methyl sites for hydroxylation is 1. The lowest BCUT2D eigenvalue weighted by Gasteiger charge is -2.36. The number of benzene rings is 2. The molecule has 12 nitrogen and oxygen atoms in total. The maximum atomic E-state index is 14.6. The number of fused-ring (bicyclic) bond motifs is 1. The number of carbonyl (C=O) groups is 2. The summed E-state index contributed by atoms with van der Waals surface area (Å²) < 4.78 is 28.4. The number of ether oxygens (including phenoxy) is 2. The summed E-state index contributed by atoms with van der Waals surface area (Å²) in [5, 5.41) is 9.80. The zero-order valence-corrected chi connectivity index (χ0v) is 33.5. The molecule has 0 unspecified atom stereocenters. The molecule has 0 bridgehead atoms. The summed E-state index contributed by atoms with van der Waals surface area (Å²) in [6.07, 6.45) is 5.49. The van der Waals surface area contributed by atoms with E-state index in [4.69, 9.17) is 9.47 Å². The molecule has 2 atom stereocenters. The number of pyridine rings is 2. The summed E-state index contributed by atoms with van der Waals surface area (Å²) in [5.41, 5.74) is 6.71. The van der Waals surface area contributed by atoms with Crippen molar-refractivity contribution in [3.05, 3.63) is 113 Å². The molecule has 2 saturated heterocycles. The van der Waals surface area contributed by atoms with Gasteiger partial charge in [-0.05, 0) is 99.0 Å². The highest BCUT2D eigenvalue weighted by atomic mass is 19.1. The van der Waals surface area contributed by atoms with E-state index in [9.17, 15) is 14.0 Å². The number of carbonyl (C=O) groups excluding carboxylic acids is 2. The summed E-state index contributed by atoms with van der Waals surface area (Å²) >= 11 is 0. The highest BCUT2D eigenvalue weighted by Crippen LogP contribution is 2.32. The third kappa shape index (κ3) is 9.56. The van der Waals surface area contributed by atoms with Crippen LogP contribution in [0.3, 0.4) is 0 Å². The molecule has 3 aromatic heterocycles. The van der Waals surface area contributed by atoms with Gasteiger partial charge in [-0.3, -0.25) is 19.4 Å². The lowest BCUT2D eigenvalue weighted by Crippen LogP contribution is -2.53. The smallest absolute Gasteiger partial charge is 0.271 e. The van der Waals surface area contributed by atoms with Gasteiger partial charge in [0.15, 0.2) is 0 Å². The summed E-state index contributed by atoms with van der Waals surface area (Å²) in [7, 11) is 0. The van der Waals surface area contributed by atoms with E-state index in [0.29, 0.717) is 49.2 Å². The van der Waals surface area contributed by atoms with Crippen molar-refractivity contribution in [1.29, 1.82) is 0 Å². The maximum absolute atomic E-state index is 14.6. The van der Waals surface area contributed by atoms with Gasteiger partial charge >= 0.3 is 0 Å². The molecule has 2 amide bonds. The highest BCUT2D eigenvalue weighted by molar-refractivity contribution is 5.96. The zero-order chi connectivity index (χ0) is 40.2. The quantitative estimate of drug-likeness (QED) is 0.145. The molecule has 3 N–H and O–H groups in total. The molecule has 58 heavy (non-hydrogen) atoms. The molecular formula is C45H53FN8O4. The van der Waals surface area contributed by atoms with Crippen molar-refractivity contribution in [2.24, 2.45) is 0 Å². The van der Waals surface area contributed by atoms with Crippen molar-refractivity contribution in [2.45, 2.75) is 83.7 Å². The number of nitrogens with one attached hydrogen (secondary N) is 3. The molecule has 13 heteroatoms. The topological polar surface area (TPSA) is 125 Å². The van der Waals surface area contributed by atoms with Crippen LogP contribution in [0.15, 0.2) is 79.1 Å². The van der Waals surface area contributed by atoms with Crippen molar-refractivity contribution in [3.63, 3.8) is 0 Å². The number of nitrogens with zero attached hydrogens (tertiary/aromatic N) is 5. The number of hydrogen-bond acceptors (Lipinski definition) is 9. The molecular weight excluding hydrogens is 736 g/mol. The molecule has 304 valence electrons. The Morgan fingerprint density at radius 3 is 2.34 bits per heavy atom. The van der Waals surface area contributed by atoms with Crippen molar-refractivity contribution >= 4 is 17.5 Å². The Morgan fingerprint density at radius 2 is 1.60 bits per heavy atom. The minimum atomic E-state index is -0.627. The number of aromatic nitrogens is 3. The van der Waals surface area contributed by atoms with E-state index >= 15 is 0 Å². The van der Waals surface area contributed by atoms with Crippen LogP contribution in [-0.2, 0) is 17.8 Å². The van der Waals surface area contributed by atoms with Gasteiger partial charge < -0.3 is 29.8 Å². The van der Waals surface area contributed by atoms with Crippen LogP contribution in [-0.4, -0.2) is 99.5 Å². The Labute approximate surface area is 339 Å². The molecule has 0 radical (unpaired) electrons. The van der Waals surface area contributed by atoms with E-state index in [1.54, 1.807) is 6.20 Å². The first-order chi connectivity index (χ1) is 28.1. The van der Waals surface area contributed by atoms with Gasteiger partial charge in [0.25, 0.3) is 11.8 Å². The SMILES string of the molecule is Cc1cccc2nc(C(=O)N[C@H]3CC[C@@H](NC(=O)c4cc(F)cnc4Oc4cccc(-c5ccc(CN6C[C@@H](C)N[C@@H](C)C6)cc5CN5CCOCC5)c4)CC3)cn12. The number of hydrogen-bond donors (Lipinski definition) is 3. The van der Waals surface area contributed by atoms with E-state index in [1.165, 1.54) is 17.2 Å². The molecule has 1 saturated carbocycles. The fraction of sp³-hybridized carbons (Fsp3) is 0.422. The van der Waals surface area contributed by atoms with Crippen LogP contribution in [0.5, 0.6) is 11.6 Å². The maximum Gasteiger partial charge on any atom is 0.271 e. The van der Waals surface area contributed by atoms with Crippen molar-refractivity contribution in [3.8, 4) is 22.8 Å². The predicted molar refractivity (Wildman–Crippen MR) is 220 cm³/mol. The summed E-state index contributed by atoms with van der Waals surface area (Å²) in [6, 6.07) is 22.2. The molecule has 5 aromatic rings. The van der Waals surface area contributed by atoms with Crippen LogP contribution in [0.2, 0.25) is 0 Å². The van der Waals surface area contributed by atoms with Gasteiger partial charge in [-0.25, -0.2) is 14.4 Å². The minimum absolute atomic E-state index is 0.0249. The average molecular weight is 789 g/mol. The Hall–Kier alpha value is -5.21. The number of morpholine rings is 1. The Balaban J connectivity index is 0.933. The van der Waals surface area contributed by atoms with Crippen molar-refractivity contribution < 1.29 is 23.5 Å². The molecule has 5 heterocycles. The van der Waals surface area contributed by atoms with E-state index in [2.05, 4.69) is 73.8 Å². The molecule has 0 spiro atoms. The molecule has 3 aliphatic rings. The minimum Gasteiger partial charge on any atom is -0.438 e. The first kappa shape index (κ1) is 39.6. The number of amides is 2. The summed E-state index contributed by atoms with van der Waals surface area (Å²) in [4.78, 5) is 40.3. The van der Waals surface area contributed by atoms with Crippen LogP contribution in [0.4, 0.5) is 4.39 Å². The molecule has 2 aromatic carbocycles. The van der Waals surface area contributed by atoms with Crippen LogP contribution in [0.1, 0.15) is 77.2 Å². The van der Waals surface area contributed by atoms with Crippen molar-refractivity contribution in [1.82, 2.24) is 40.1 Å². The third-order valence-corrected chi connectivity index (χ3v) is 11.5. The predicted octanol–water partition coefficient (Wildman–Crippen LogP) is 6.12. The normalized spacial score (nSPS) is 21.8. The average Bonchev–Trinajstić information content (AvgIpc) is 3.66. The summed E-state index contributed by atoms with van der Waals surface area (Å²) in [5.74, 6) is -0.775. The van der Waals surface area contributed by atoms with E-state index in [0.717, 1.165) is 81.1 Å². The van der Waals surface area contributed by atoms with E-state index < -0.39 is 11.7 Å². The first-order valence-corrected chi connectivity index (χ1v) is 20.5. The largest absolute Gasteiger partial charge is 0.438 e. The highest BCUT2D eigenvalue weighted by Gasteiger charge is 2.27. The lowest BCUT2D eigenvalue weighted by atomic mass is 9.91. The van der Waals surface area contributed by atoms with Gasteiger partial charge in [-0.1, -0.05) is 36.4 Å². The van der Waals surface area contributed by atoms with E-state index in [1.807, 2.05) is 47.7 Å². The van der Waals surface area contributed by atoms with Crippen LogP contribution in [0.25, 0.3) is 16.8 Å². The van der Waals surface area contributed by atoms with Crippen LogP contribution in [0, 0.1) is 12.7 Å². The monoisotopic (exact) mass is 788 g/mol. The van der Waals surface area contributed by atoms with Gasteiger partial charge in [-0.2, -0.15) is 0 Å². The molecule has 2 aliphatic heterocycles. The van der Waals surface area contributed by atoms with Gasteiger partial charge in [0.2, 0.25) is 5.88 Å². The number of halogens is 1. The number of imidazole rings is 1.